The van der Waals surface area contributed by atoms with E-state index in [-0.39, 0.29) is 17.6 Å². The van der Waals surface area contributed by atoms with Crippen LogP contribution in [0.5, 0.6) is 0 Å². The Balaban J connectivity index is 1.33. The molecule has 3 heterocycles. The minimum atomic E-state index is -0.171. The first-order valence-corrected chi connectivity index (χ1v) is 10.7. The molecule has 2 aromatic rings. The summed E-state index contributed by atoms with van der Waals surface area (Å²) in [6.45, 7) is 4.21. The van der Waals surface area contributed by atoms with E-state index in [2.05, 4.69) is 40.1 Å². The van der Waals surface area contributed by atoms with Crippen molar-refractivity contribution in [3.05, 3.63) is 71.5 Å². The smallest absolute Gasteiger partial charge is 0.125 e. The number of halogens is 1. The van der Waals surface area contributed by atoms with Gasteiger partial charge in [0.2, 0.25) is 0 Å². The number of nitrogens with zero attached hydrogens (tertiary/aromatic N) is 2. The summed E-state index contributed by atoms with van der Waals surface area (Å²) in [4.78, 5) is 5.17. The van der Waals surface area contributed by atoms with Gasteiger partial charge < -0.3 is 4.74 Å². The van der Waals surface area contributed by atoms with Crippen molar-refractivity contribution in [3.63, 3.8) is 0 Å². The van der Waals surface area contributed by atoms with E-state index in [1.54, 1.807) is 6.07 Å². The van der Waals surface area contributed by atoms with Crippen LogP contribution >= 0.6 is 0 Å². The van der Waals surface area contributed by atoms with Gasteiger partial charge in [-0.1, -0.05) is 48.9 Å². The third-order valence-electron chi connectivity index (χ3n) is 6.83. The third-order valence-corrected chi connectivity index (χ3v) is 6.83. The second-order valence-electron chi connectivity index (χ2n) is 8.56. The normalized spacial score (nSPS) is 27.8. The number of benzene rings is 2. The van der Waals surface area contributed by atoms with E-state index in [1.165, 1.54) is 24.5 Å². The number of fused-ring (bicyclic) bond motifs is 2. The van der Waals surface area contributed by atoms with E-state index in [1.807, 2.05) is 12.1 Å². The average Bonchev–Trinajstić information content (AvgIpc) is 3.05. The molecule has 3 saturated heterocycles. The lowest BCUT2D eigenvalue weighted by molar-refractivity contribution is -0.141. The molecule has 0 aliphatic carbocycles. The van der Waals surface area contributed by atoms with Crippen molar-refractivity contribution in [2.45, 2.75) is 56.5 Å². The van der Waals surface area contributed by atoms with Crippen molar-refractivity contribution in [1.82, 2.24) is 9.80 Å². The van der Waals surface area contributed by atoms with Crippen LogP contribution in [0.25, 0.3) is 0 Å². The quantitative estimate of drug-likeness (QED) is 0.765. The van der Waals surface area contributed by atoms with Crippen LogP contribution in [0.15, 0.2) is 54.6 Å². The second-order valence-corrected chi connectivity index (χ2v) is 8.56. The van der Waals surface area contributed by atoms with Gasteiger partial charge in [-0.15, -0.1) is 0 Å². The standard InChI is InChI=1S/C24H29FN2O/c25-21-10-6-9-20(17-21)23-22-11-4-5-14-27(22)24(28-23)12-15-26(16-13-24)18-19-7-2-1-3-8-19/h1-3,6-10,17,22-23H,4-5,11-16,18H2. The molecule has 2 unspecified atom stereocenters. The maximum atomic E-state index is 13.9. The highest BCUT2D eigenvalue weighted by atomic mass is 19.1. The SMILES string of the molecule is Fc1cccc(C2OC3(CCN(Cc4ccccc4)CC3)N3CCCCC23)c1. The zero-order chi connectivity index (χ0) is 19.0. The fourth-order valence-electron chi connectivity index (χ4n) is 5.44. The van der Waals surface area contributed by atoms with Crippen molar-refractivity contribution < 1.29 is 9.13 Å². The van der Waals surface area contributed by atoms with E-state index < -0.39 is 0 Å². The molecule has 3 aliphatic heterocycles. The van der Waals surface area contributed by atoms with Gasteiger partial charge in [0, 0.05) is 45.1 Å². The van der Waals surface area contributed by atoms with Crippen LogP contribution in [0.1, 0.15) is 49.3 Å². The number of rotatable bonds is 3. The van der Waals surface area contributed by atoms with Crippen LogP contribution in [-0.4, -0.2) is 41.2 Å². The molecule has 5 rings (SSSR count). The molecule has 0 radical (unpaired) electrons. The Kier molecular flexibility index (Phi) is 4.95. The number of ether oxygens (including phenoxy) is 1. The summed E-state index contributed by atoms with van der Waals surface area (Å²) in [5.41, 5.74) is 2.20. The molecule has 0 aromatic heterocycles. The van der Waals surface area contributed by atoms with Crippen LogP contribution in [0, 0.1) is 5.82 Å². The molecule has 0 bridgehead atoms. The largest absolute Gasteiger partial charge is 0.351 e. The van der Waals surface area contributed by atoms with Gasteiger partial charge in [-0.3, -0.25) is 9.80 Å². The molecule has 3 fully saturated rings. The topological polar surface area (TPSA) is 15.7 Å². The van der Waals surface area contributed by atoms with Crippen molar-refractivity contribution in [2.75, 3.05) is 19.6 Å². The van der Waals surface area contributed by atoms with Gasteiger partial charge >= 0.3 is 0 Å². The van der Waals surface area contributed by atoms with E-state index in [0.29, 0.717) is 6.04 Å². The van der Waals surface area contributed by atoms with Crippen LogP contribution < -0.4 is 0 Å². The molecule has 1 spiro atoms. The molecule has 3 aliphatic rings. The first kappa shape index (κ1) is 18.3. The van der Waals surface area contributed by atoms with E-state index >= 15 is 0 Å². The zero-order valence-corrected chi connectivity index (χ0v) is 16.4. The van der Waals surface area contributed by atoms with Crippen LogP contribution in [-0.2, 0) is 11.3 Å². The maximum Gasteiger partial charge on any atom is 0.125 e. The predicted octanol–water partition coefficient (Wildman–Crippen LogP) is 4.74. The highest BCUT2D eigenvalue weighted by Crippen LogP contribution is 2.49. The van der Waals surface area contributed by atoms with Gasteiger partial charge in [0.05, 0.1) is 0 Å². The number of piperidine rings is 2. The molecule has 3 nitrogen and oxygen atoms in total. The van der Waals surface area contributed by atoms with Gasteiger partial charge in [0.1, 0.15) is 17.6 Å². The molecule has 2 aromatic carbocycles. The molecule has 4 heteroatoms. The summed E-state index contributed by atoms with van der Waals surface area (Å²) in [5.74, 6) is -0.165. The lowest BCUT2D eigenvalue weighted by Gasteiger charge is -2.46. The highest BCUT2D eigenvalue weighted by Gasteiger charge is 2.54. The summed E-state index contributed by atoms with van der Waals surface area (Å²) in [5, 5.41) is 0. The van der Waals surface area contributed by atoms with Crippen LogP contribution in [0.4, 0.5) is 4.39 Å². The first-order valence-electron chi connectivity index (χ1n) is 10.7. The lowest BCUT2D eigenvalue weighted by Crippen LogP contribution is -2.55. The maximum absolute atomic E-state index is 13.9. The minimum absolute atomic E-state index is 0.00308. The molecule has 0 saturated carbocycles. The molecule has 28 heavy (non-hydrogen) atoms. The van der Waals surface area contributed by atoms with E-state index in [0.717, 1.165) is 51.0 Å². The summed E-state index contributed by atoms with van der Waals surface area (Å²) >= 11 is 0. The summed E-state index contributed by atoms with van der Waals surface area (Å²) < 4.78 is 20.7. The van der Waals surface area contributed by atoms with Gasteiger partial charge in [-0.05, 0) is 36.1 Å². The Bertz CT molecular complexity index is 803. The van der Waals surface area contributed by atoms with Crippen molar-refractivity contribution in [2.24, 2.45) is 0 Å². The Morgan fingerprint density at radius 2 is 1.79 bits per heavy atom. The fourth-order valence-corrected chi connectivity index (χ4v) is 5.44. The summed E-state index contributed by atoms with van der Waals surface area (Å²) in [6, 6.07) is 18.1. The molecule has 0 N–H and O–H groups in total. The van der Waals surface area contributed by atoms with Gasteiger partial charge in [0.25, 0.3) is 0 Å². The van der Waals surface area contributed by atoms with Crippen molar-refractivity contribution >= 4 is 0 Å². The lowest BCUT2D eigenvalue weighted by atomic mass is 9.91. The second kappa shape index (κ2) is 7.58. The summed E-state index contributed by atoms with van der Waals surface area (Å²) in [7, 11) is 0. The first-order chi connectivity index (χ1) is 13.7. The Labute approximate surface area is 167 Å². The molecule has 2 atom stereocenters. The Hall–Kier alpha value is -1.75. The van der Waals surface area contributed by atoms with Crippen molar-refractivity contribution in [3.8, 4) is 0 Å². The number of likely N-dealkylation sites (tertiary alicyclic amines) is 1. The molecule has 148 valence electrons. The Morgan fingerprint density at radius 1 is 0.964 bits per heavy atom. The molecule has 0 amide bonds. The van der Waals surface area contributed by atoms with Crippen LogP contribution in [0.2, 0.25) is 0 Å². The monoisotopic (exact) mass is 380 g/mol. The van der Waals surface area contributed by atoms with Crippen LogP contribution in [0.3, 0.4) is 0 Å². The summed E-state index contributed by atoms with van der Waals surface area (Å²) in [6.07, 6.45) is 5.69. The van der Waals surface area contributed by atoms with Crippen molar-refractivity contribution in [1.29, 1.82) is 0 Å². The molecular weight excluding hydrogens is 351 g/mol. The fraction of sp³-hybridized carbons (Fsp3) is 0.500. The minimum Gasteiger partial charge on any atom is -0.351 e. The average molecular weight is 381 g/mol. The predicted molar refractivity (Wildman–Crippen MR) is 108 cm³/mol. The zero-order valence-electron chi connectivity index (χ0n) is 16.4. The molecular formula is C24H29FN2O. The van der Waals surface area contributed by atoms with E-state index in [4.69, 9.17) is 4.74 Å². The number of hydrogen-bond acceptors (Lipinski definition) is 3. The highest BCUT2D eigenvalue weighted by molar-refractivity contribution is 5.23. The van der Waals surface area contributed by atoms with Gasteiger partial charge in [0.15, 0.2) is 0 Å². The number of hydrogen-bond donors (Lipinski definition) is 0. The van der Waals surface area contributed by atoms with Gasteiger partial charge in [-0.2, -0.15) is 0 Å². The Morgan fingerprint density at radius 3 is 2.57 bits per heavy atom. The van der Waals surface area contributed by atoms with Gasteiger partial charge in [-0.25, -0.2) is 4.39 Å². The van der Waals surface area contributed by atoms with E-state index in [9.17, 15) is 4.39 Å². The third kappa shape index (κ3) is 3.38.